The van der Waals surface area contributed by atoms with E-state index in [9.17, 15) is 14.4 Å². The highest BCUT2D eigenvalue weighted by atomic mass is 16.6. The fraction of sp³-hybridized carbons (Fsp3) is 0.450. The second-order valence-electron chi connectivity index (χ2n) is 6.91. The van der Waals surface area contributed by atoms with Crippen LogP contribution in [0.5, 0.6) is 11.5 Å². The molecule has 0 aliphatic carbocycles. The highest BCUT2D eigenvalue weighted by Crippen LogP contribution is 2.42. The molecule has 1 spiro atoms. The number of likely N-dealkylation sites (tertiary alicyclic amines) is 1. The van der Waals surface area contributed by atoms with E-state index in [2.05, 4.69) is 5.32 Å². The van der Waals surface area contributed by atoms with Crippen molar-refractivity contribution in [1.29, 1.82) is 0 Å². The molecule has 1 N–H and O–H groups in total. The van der Waals surface area contributed by atoms with Crippen LogP contribution in [0.2, 0.25) is 0 Å². The first kappa shape index (κ1) is 19.7. The standard InChI is InChI=1S/C20H24N2O6/c1-12-17(18(24)21-15-11-14(26-3)5-6-16(15)27-4)20(28-19(12)25)7-9-22(10-8-20)13(2)23/h5-6,11H,7-10H2,1-4H3,(H,21,24). The van der Waals surface area contributed by atoms with Crippen LogP contribution in [-0.4, -0.2) is 55.6 Å². The number of carbonyl (C=O) groups excluding carboxylic acids is 3. The van der Waals surface area contributed by atoms with Crippen LogP contribution in [0.15, 0.2) is 29.3 Å². The lowest BCUT2D eigenvalue weighted by molar-refractivity contribution is -0.152. The molecule has 0 aromatic heterocycles. The number of hydrogen-bond acceptors (Lipinski definition) is 6. The van der Waals surface area contributed by atoms with E-state index in [1.165, 1.54) is 21.1 Å². The first-order valence-corrected chi connectivity index (χ1v) is 9.05. The zero-order chi connectivity index (χ0) is 20.5. The van der Waals surface area contributed by atoms with Gasteiger partial charge in [0.15, 0.2) is 0 Å². The summed E-state index contributed by atoms with van der Waals surface area (Å²) in [4.78, 5) is 38.7. The first-order chi connectivity index (χ1) is 13.3. The molecule has 3 rings (SSSR count). The van der Waals surface area contributed by atoms with Gasteiger partial charge in [-0.05, 0) is 19.1 Å². The molecule has 0 unspecified atom stereocenters. The molecule has 2 aliphatic heterocycles. The largest absolute Gasteiger partial charge is 0.497 e. The predicted octanol–water partition coefficient (Wildman–Crippen LogP) is 1.90. The summed E-state index contributed by atoms with van der Waals surface area (Å²) in [6, 6.07) is 5.06. The molecule has 150 valence electrons. The number of piperidine rings is 1. The van der Waals surface area contributed by atoms with Crippen molar-refractivity contribution in [2.75, 3.05) is 32.6 Å². The summed E-state index contributed by atoms with van der Waals surface area (Å²) in [5.74, 6) is 0.0697. The maximum absolute atomic E-state index is 13.1. The molecule has 0 bridgehead atoms. The summed E-state index contributed by atoms with van der Waals surface area (Å²) in [7, 11) is 3.03. The van der Waals surface area contributed by atoms with E-state index in [-0.39, 0.29) is 11.5 Å². The fourth-order valence-electron chi connectivity index (χ4n) is 3.76. The van der Waals surface area contributed by atoms with Gasteiger partial charge >= 0.3 is 5.97 Å². The normalized spacial score (nSPS) is 18.1. The van der Waals surface area contributed by atoms with Crippen LogP contribution >= 0.6 is 0 Å². The number of rotatable bonds is 4. The monoisotopic (exact) mass is 388 g/mol. The Labute approximate surface area is 163 Å². The molecule has 2 heterocycles. The number of esters is 1. The van der Waals surface area contributed by atoms with Gasteiger partial charge in [-0.15, -0.1) is 0 Å². The average molecular weight is 388 g/mol. The molecule has 1 saturated heterocycles. The Hall–Kier alpha value is -3.03. The number of anilines is 1. The van der Waals surface area contributed by atoms with E-state index >= 15 is 0 Å². The molecular formula is C20H24N2O6. The van der Waals surface area contributed by atoms with Crippen molar-refractivity contribution in [1.82, 2.24) is 4.90 Å². The van der Waals surface area contributed by atoms with Gasteiger partial charge in [-0.25, -0.2) is 4.79 Å². The minimum atomic E-state index is -1.01. The molecule has 1 aromatic rings. The molecule has 2 aliphatic rings. The summed E-state index contributed by atoms with van der Waals surface area (Å²) in [6.07, 6.45) is 0.765. The van der Waals surface area contributed by atoms with E-state index in [1.54, 1.807) is 30.0 Å². The zero-order valence-corrected chi connectivity index (χ0v) is 16.5. The van der Waals surface area contributed by atoms with Gasteiger partial charge in [-0.3, -0.25) is 9.59 Å². The van der Waals surface area contributed by atoms with Crippen LogP contribution in [0.3, 0.4) is 0 Å². The number of nitrogens with zero attached hydrogens (tertiary/aromatic N) is 1. The van der Waals surface area contributed by atoms with Crippen LogP contribution in [0.1, 0.15) is 26.7 Å². The van der Waals surface area contributed by atoms with Crippen LogP contribution in [0.25, 0.3) is 0 Å². The van der Waals surface area contributed by atoms with E-state index in [4.69, 9.17) is 14.2 Å². The van der Waals surface area contributed by atoms with Crippen molar-refractivity contribution < 1.29 is 28.6 Å². The minimum absolute atomic E-state index is 0.0352. The summed E-state index contributed by atoms with van der Waals surface area (Å²) in [5.41, 5.74) is 0.0209. The summed E-state index contributed by atoms with van der Waals surface area (Å²) >= 11 is 0. The Balaban J connectivity index is 1.89. The van der Waals surface area contributed by atoms with E-state index in [1.807, 2.05) is 0 Å². The van der Waals surface area contributed by atoms with Crippen molar-refractivity contribution in [2.24, 2.45) is 0 Å². The third-order valence-electron chi connectivity index (χ3n) is 5.32. The van der Waals surface area contributed by atoms with Gasteiger partial charge < -0.3 is 24.4 Å². The number of benzene rings is 1. The van der Waals surface area contributed by atoms with E-state index in [0.717, 1.165) is 0 Å². The number of amides is 2. The summed E-state index contributed by atoms with van der Waals surface area (Å²) in [5, 5.41) is 2.82. The van der Waals surface area contributed by atoms with Crippen molar-refractivity contribution in [2.45, 2.75) is 32.3 Å². The molecular weight excluding hydrogens is 364 g/mol. The predicted molar refractivity (Wildman–Crippen MR) is 101 cm³/mol. The molecule has 8 nitrogen and oxygen atoms in total. The van der Waals surface area contributed by atoms with Crippen LogP contribution in [-0.2, 0) is 19.1 Å². The quantitative estimate of drug-likeness (QED) is 0.792. The second-order valence-corrected chi connectivity index (χ2v) is 6.91. The number of hydrogen-bond donors (Lipinski definition) is 1. The Bertz CT molecular complexity index is 852. The number of ether oxygens (including phenoxy) is 3. The third-order valence-corrected chi connectivity index (χ3v) is 5.32. The highest BCUT2D eigenvalue weighted by Gasteiger charge is 2.51. The van der Waals surface area contributed by atoms with Crippen molar-refractivity contribution in [3.63, 3.8) is 0 Å². The highest BCUT2D eigenvalue weighted by molar-refractivity contribution is 6.13. The third kappa shape index (κ3) is 3.42. The fourth-order valence-corrected chi connectivity index (χ4v) is 3.76. The molecule has 28 heavy (non-hydrogen) atoms. The van der Waals surface area contributed by atoms with Crippen LogP contribution in [0.4, 0.5) is 5.69 Å². The Kier molecular flexibility index (Phi) is 5.31. The lowest BCUT2D eigenvalue weighted by Crippen LogP contribution is -2.49. The zero-order valence-electron chi connectivity index (χ0n) is 16.5. The van der Waals surface area contributed by atoms with Gasteiger partial charge in [-0.1, -0.05) is 0 Å². The van der Waals surface area contributed by atoms with Gasteiger partial charge in [0, 0.05) is 44.5 Å². The smallest absolute Gasteiger partial charge is 0.335 e. The number of methoxy groups -OCH3 is 2. The van der Waals surface area contributed by atoms with E-state index in [0.29, 0.717) is 48.7 Å². The molecule has 1 aromatic carbocycles. The van der Waals surface area contributed by atoms with Gasteiger partial charge in [-0.2, -0.15) is 0 Å². The summed E-state index contributed by atoms with van der Waals surface area (Å²) < 4.78 is 16.1. The van der Waals surface area contributed by atoms with Crippen LogP contribution < -0.4 is 14.8 Å². The van der Waals surface area contributed by atoms with Gasteiger partial charge in [0.2, 0.25) is 5.91 Å². The number of carbonyl (C=O) groups is 3. The van der Waals surface area contributed by atoms with Gasteiger partial charge in [0.05, 0.1) is 25.5 Å². The topological polar surface area (TPSA) is 94.2 Å². The second kappa shape index (κ2) is 7.53. The van der Waals surface area contributed by atoms with Crippen molar-refractivity contribution >= 4 is 23.5 Å². The molecule has 1 fully saturated rings. The summed E-state index contributed by atoms with van der Waals surface area (Å²) in [6.45, 7) is 3.94. The van der Waals surface area contributed by atoms with Gasteiger partial charge in [0.1, 0.15) is 17.1 Å². The maximum atomic E-state index is 13.1. The van der Waals surface area contributed by atoms with Crippen molar-refractivity contribution in [3.05, 3.63) is 29.3 Å². The lowest BCUT2D eigenvalue weighted by atomic mass is 9.82. The molecule has 0 atom stereocenters. The number of nitrogens with one attached hydrogen (secondary N) is 1. The lowest BCUT2D eigenvalue weighted by Gasteiger charge is -2.39. The molecule has 8 heteroatoms. The Morgan fingerprint density at radius 3 is 2.43 bits per heavy atom. The molecule has 0 saturated carbocycles. The Morgan fingerprint density at radius 2 is 1.86 bits per heavy atom. The Morgan fingerprint density at radius 1 is 1.18 bits per heavy atom. The van der Waals surface area contributed by atoms with Crippen molar-refractivity contribution in [3.8, 4) is 11.5 Å². The maximum Gasteiger partial charge on any atom is 0.335 e. The van der Waals surface area contributed by atoms with Crippen LogP contribution in [0, 0.1) is 0 Å². The van der Waals surface area contributed by atoms with E-state index < -0.39 is 17.5 Å². The first-order valence-electron chi connectivity index (χ1n) is 9.05. The minimum Gasteiger partial charge on any atom is -0.497 e. The van der Waals surface area contributed by atoms with Gasteiger partial charge in [0.25, 0.3) is 5.91 Å². The SMILES string of the molecule is COc1ccc(OC)c(NC(=O)C2=C(C)C(=O)OC23CCN(C(C)=O)CC3)c1. The molecule has 2 amide bonds. The molecule has 0 radical (unpaired) electrons. The average Bonchev–Trinajstić information content (AvgIpc) is 2.91.